The van der Waals surface area contributed by atoms with Gasteiger partial charge in [0.25, 0.3) is 0 Å². The Balaban J connectivity index is 2.68. The Bertz CT molecular complexity index is 768. The predicted molar refractivity (Wildman–Crippen MR) is 98.9 cm³/mol. The monoisotopic (exact) mass is 328 g/mol. The van der Waals surface area contributed by atoms with Crippen LogP contribution >= 0.6 is 12.2 Å². The van der Waals surface area contributed by atoms with E-state index in [1.807, 2.05) is 19.9 Å². The van der Waals surface area contributed by atoms with E-state index in [4.69, 9.17) is 18.0 Å². The highest BCUT2D eigenvalue weighted by Crippen LogP contribution is 2.33. The maximum Gasteiger partial charge on any atom is 0.164 e. The molecular formula is C19H21FN2S. The van der Waals surface area contributed by atoms with Crippen molar-refractivity contribution in [2.24, 2.45) is 5.73 Å². The Kier molecular flexibility index (Phi) is 5.16. The van der Waals surface area contributed by atoms with Crippen molar-refractivity contribution >= 4 is 17.3 Å². The highest BCUT2D eigenvalue weighted by Gasteiger charge is 2.17. The van der Waals surface area contributed by atoms with Gasteiger partial charge in [0, 0.05) is 0 Å². The first-order chi connectivity index (χ1) is 10.8. The zero-order chi connectivity index (χ0) is 17.1. The maximum absolute atomic E-state index is 13.6. The van der Waals surface area contributed by atoms with E-state index in [1.54, 1.807) is 19.1 Å². The number of aryl methyl sites for hydroxylation is 3. The fraction of sp³-hybridized carbons (Fsp3) is 0.211. The molecule has 2 aromatic carbocycles. The quantitative estimate of drug-likeness (QED) is 0.642. The molecule has 2 rings (SSSR count). The third-order valence-corrected chi connectivity index (χ3v) is 3.96. The minimum absolute atomic E-state index is 0.201. The van der Waals surface area contributed by atoms with Crippen molar-refractivity contribution < 1.29 is 4.39 Å². The lowest BCUT2D eigenvalue weighted by Crippen LogP contribution is -2.32. The number of rotatable bonds is 4. The van der Waals surface area contributed by atoms with Gasteiger partial charge in [0.15, 0.2) is 5.11 Å². The molecular weight excluding hydrogens is 307 g/mol. The fourth-order valence-corrected chi connectivity index (χ4v) is 2.97. The summed E-state index contributed by atoms with van der Waals surface area (Å²) in [7, 11) is 0. The summed E-state index contributed by atoms with van der Waals surface area (Å²) in [6, 6.07) is 9.14. The van der Waals surface area contributed by atoms with Gasteiger partial charge in [0.2, 0.25) is 0 Å². The first-order valence-corrected chi connectivity index (χ1v) is 7.80. The number of halogens is 1. The second kappa shape index (κ2) is 6.92. The summed E-state index contributed by atoms with van der Waals surface area (Å²) in [5, 5.41) is 3.28. The molecule has 0 saturated heterocycles. The molecule has 3 N–H and O–H groups in total. The van der Waals surface area contributed by atoms with Crippen LogP contribution in [0, 0.1) is 26.6 Å². The molecule has 1 atom stereocenters. The van der Waals surface area contributed by atoms with Crippen LogP contribution in [0.2, 0.25) is 0 Å². The maximum atomic E-state index is 13.6. The van der Waals surface area contributed by atoms with Gasteiger partial charge in [0.1, 0.15) is 5.82 Å². The minimum atomic E-state index is -0.207. The molecule has 0 bridgehead atoms. The van der Waals surface area contributed by atoms with Gasteiger partial charge in [-0.25, -0.2) is 4.39 Å². The summed E-state index contributed by atoms with van der Waals surface area (Å²) in [4.78, 5) is 0. The summed E-state index contributed by atoms with van der Waals surface area (Å²) >= 11 is 4.97. The van der Waals surface area contributed by atoms with E-state index in [1.165, 1.54) is 6.07 Å². The van der Waals surface area contributed by atoms with Gasteiger partial charge >= 0.3 is 0 Å². The molecule has 23 heavy (non-hydrogen) atoms. The number of nitrogens with one attached hydrogen (secondary N) is 1. The van der Waals surface area contributed by atoms with Gasteiger partial charge in [-0.05, 0) is 72.9 Å². The van der Waals surface area contributed by atoms with Gasteiger partial charge in [0.05, 0.1) is 6.04 Å². The van der Waals surface area contributed by atoms with Gasteiger partial charge < -0.3 is 11.1 Å². The summed E-state index contributed by atoms with van der Waals surface area (Å²) < 4.78 is 13.6. The zero-order valence-corrected chi connectivity index (χ0v) is 14.4. The lowest BCUT2D eigenvalue weighted by molar-refractivity contribution is 0.619. The van der Waals surface area contributed by atoms with Crippen molar-refractivity contribution in [3.63, 3.8) is 0 Å². The fourth-order valence-electron chi connectivity index (χ4n) is 2.84. The Morgan fingerprint density at radius 1 is 1.22 bits per heavy atom. The molecule has 0 saturated carbocycles. The summed E-state index contributed by atoms with van der Waals surface area (Å²) in [6.45, 7) is 9.73. The normalized spacial score (nSPS) is 11.8. The molecule has 0 aliphatic carbocycles. The van der Waals surface area contributed by atoms with Crippen LogP contribution in [0.1, 0.15) is 28.3 Å². The van der Waals surface area contributed by atoms with Crippen molar-refractivity contribution in [1.82, 2.24) is 5.32 Å². The van der Waals surface area contributed by atoms with Crippen LogP contribution in [0.5, 0.6) is 0 Å². The molecule has 0 aliphatic rings. The van der Waals surface area contributed by atoms with Crippen LogP contribution in [0.15, 0.2) is 43.0 Å². The average molecular weight is 328 g/mol. The lowest BCUT2D eigenvalue weighted by atomic mass is 9.89. The summed E-state index contributed by atoms with van der Waals surface area (Å²) in [5.41, 5.74) is 11.5. The molecule has 0 aromatic heterocycles. The van der Waals surface area contributed by atoms with E-state index in [2.05, 4.69) is 24.0 Å². The summed E-state index contributed by atoms with van der Waals surface area (Å²) in [5.74, 6) is -0.207. The first kappa shape index (κ1) is 17.2. The largest absolute Gasteiger partial charge is 0.376 e. The molecule has 2 nitrogen and oxygen atoms in total. The lowest BCUT2D eigenvalue weighted by Gasteiger charge is -2.22. The van der Waals surface area contributed by atoms with E-state index in [0.29, 0.717) is 5.56 Å². The number of thiocarbonyl (C=S) groups is 1. The Labute approximate surface area is 142 Å². The molecule has 0 unspecified atom stereocenters. The van der Waals surface area contributed by atoms with Crippen LogP contribution in [0.3, 0.4) is 0 Å². The second-order valence-corrected chi connectivity index (χ2v) is 6.17. The minimum Gasteiger partial charge on any atom is -0.376 e. The van der Waals surface area contributed by atoms with E-state index < -0.39 is 0 Å². The molecule has 4 heteroatoms. The van der Waals surface area contributed by atoms with Gasteiger partial charge in [-0.2, -0.15) is 0 Å². The van der Waals surface area contributed by atoms with Crippen LogP contribution in [-0.4, -0.2) is 5.11 Å². The van der Waals surface area contributed by atoms with Crippen molar-refractivity contribution in [2.45, 2.75) is 26.8 Å². The average Bonchev–Trinajstić information content (AvgIpc) is 2.47. The second-order valence-electron chi connectivity index (χ2n) is 5.73. The summed E-state index contributed by atoms with van der Waals surface area (Å²) in [6.07, 6.45) is 1.77. The molecule has 2 aromatic rings. The molecule has 0 amide bonds. The van der Waals surface area contributed by atoms with Crippen molar-refractivity contribution in [1.29, 1.82) is 0 Å². The third kappa shape index (κ3) is 3.77. The molecule has 0 spiro atoms. The smallest absolute Gasteiger partial charge is 0.164 e. The van der Waals surface area contributed by atoms with Crippen molar-refractivity contribution in [3.05, 3.63) is 71.1 Å². The number of hydrogen-bond donors (Lipinski definition) is 2. The Morgan fingerprint density at radius 3 is 2.48 bits per heavy atom. The topological polar surface area (TPSA) is 38.0 Å². The van der Waals surface area contributed by atoms with Crippen LogP contribution < -0.4 is 11.1 Å². The van der Waals surface area contributed by atoms with Gasteiger partial charge in [-0.1, -0.05) is 29.8 Å². The first-order valence-electron chi connectivity index (χ1n) is 7.39. The van der Waals surface area contributed by atoms with Gasteiger partial charge in [-0.15, -0.1) is 6.58 Å². The Hall–Kier alpha value is -2.20. The number of nitrogens with two attached hydrogens (primary N) is 1. The molecule has 0 radical (unpaired) electrons. The molecule has 0 aliphatic heterocycles. The molecule has 0 heterocycles. The van der Waals surface area contributed by atoms with E-state index in [-0.39, 0.29) is 17.0 Å². The highest BCUT2D eigenvalue weighted by molar-refractivity contribution is 7.80. The van der Waals surface area contributed by atoms with Crippen LogP contribution in [0.4, 0.5) is 4.39 Å². The highest BCUT2D eigenvalue weighted by atomic mass is 32.1. The van der Waals surface area contributed by atoms with E-state index >= 15 is 0 Å². The van der Waals surface area contributed by atoms with Crippen LogP contribution in [-0.2, 0) is 0 Å². The van der Waals surface area contributed by atoms with Crippen molar-refractivity contribution in [2.75, 3.05) is 0 Å². The standard InChI is InChI=1S/C19H21FN2S/c1-5-17(22-19(21)23)18-13(4)8-11(2)9-15(18)14-6-7-16(20)12(3)10-14/h5-10,17H,1H2,2-4H3,(H3,21,22,23)/t17-/m0/s1. The molecule has 0 fully saturated rings. The van der Waals surface area contributed by atoms with Crippen LogP contribution in [0.25, 0.3) is 11.1 Å². The van der Waals surface area contributed by atoms with E-state index in [9.17, 15) is 4.39 Å². The van der Waals surface area contributed by atoms with E-state index in [0.717, 1.165) is 27.8 Å². The SMILES string of the molecule is C=C[C@H](NC(N)=S)c1c(C)cc(C)cc1-c1ccc(F)c(C)c1. The molecule has 120 valence electrons. The predicted octanol–water partition coefficient (Wildman–Crippen LogP) is 4.48. The third-order valence-electron chi connectivity index (χ3n) is 3.84. The number of benzene rings is 2. The van der Waals surface area contributed by atoms with Crippen molar-refractivity contribution in [3.8, 4) is 11.1 Å². The zero-order valence-electron chi connectivity index (χ0n) is 13.6. The van der Waals surface area contributed by atoms with Gasteiger partial charge in [-0.3, -0.25) is 0 Å². The number of hydrogen-bond acceptors (Lipinski definition) is 1. The Morgan fingerprint density at radius 2 is 1.91 bits per heavy atom.